The van der Waals surface area contributed by atoms with E-state index in [0.717, 1.165) is 6.42 Å². The average molecular weight is 137 g/mol. The minimum atomic E-state index is -0.438. The topological polar surface area (TPSA) is 52.0 Å². The van der Waals surface area contributed by atoms with E-state index in [2.05, 4.69) is 0 Å². The van der Waals surface area contributed by atoms with Gasteiger partial charge in [-0.1, -0.05) is 6.92 Å². The standard InChI is InChI=1S/C5H13ClN2/c1-3-5(2,8)4(6)7/h4H,3,7-8H2,1-2H3. The second-order valence-electron chi connectivity index (χ2n) is 2.26. The van der Waals surface area contributed by atoms with E-state index in [0.29, 0.717) is 0 Å². The molecule has 0 aliphatic heterocycles. The molecule has 2 nitrogen and oxygen atoms in total. The Hall–Kier alpha value is 0.210. The number of hydrogen-bond acceptors (Lipinski definition) is 2. The Morgan fingerprint density at radius 2 is 2.12 bits per heavy atom. The minimum absolute atomic E-state index is 0.415. The molecule has 0 spiro atoms. The van der Waals surface area contributed by atoms with Gasteiger partial charge < -0.3 is 11.5 Å². The smallest absolute Gasteiger partial charge is 0.0979 e. The van der Waals surface area contributed by atoms with E-state index in [9.17, 15) is 0 Å². The second-order valence-corrected chi connectivity index (χ2v) is 2.73. The number of halogens is 1. The molecule has 0 heterocycles. The van der Waals surface area contributed by atoms with Crippen molar-refractivity contribution in [2.75, 3.05) is 0 Å². The van der Waals surface area contributed by atoms with Crippen molar-refractivity contribution in [3.63, 3.8) is 0 Å². The van der Waals surface area contributed by atoms with Crippen LogP contribution in [0.3, 0.4) is 0 Å². The van der Waals surface area contributed by atoms with Crippen LogP contribution in [-0.4, -0.2) is 11.0 Å². The first-order valence-electron chi connectivity index (χ1n) is 2.69. The zero-order valence-corrected chi connectivity index (χ0v) is 6.07. The maximum Gasteiger partial charge on any atom is 0.0979 e. The van der Waals surface area contributed by atoms with Crippen molar-refractivity contribution in [1.29, 1.82) is 0 Å². The quantitative estimate of drug-likeness (QED) is 0.433. The summed E-state index contributed by atoms with van der Waals surface area (Å²) >= 11 is 5.52. The van der Waals surface area contributed by atoms with E-state index >= 15 is 0 Å². The van der Waals surface area contributed by atoms with Gasteiger partial charge in [0, 0.05) is 5.54 Å². The fourth-order valence-corrected chi connectivity index (χ4v) is 0.349. The molecule has 0 fully saturated rings. The zero-order valence-electron chi connectivity index (χ0n) is 5.32. The summed E-state index contributed by atoms with van der Waals surface area (Å²) < 4.78 is 0. The van der Waals surface area contributed by atoms with Crippen LogP contribution >= 0.6 is 11.6 Å². The van der Waals surface area contributed by atoms with Crippen LogP contribution in [0, 0.1) is 0 Å². The number of rotatable bonds is 2. The van der Waals surface area contributed by atoms with Gasteiger partial charge in [0.1, 0.15) is 0 Å². The van der Waals surface area contributed by atoms with Crippen LogP contribution in [0.2, 0.25) is 0 Å². The monoisotopic (exact) mass is 136 g/mol. The summed E-state index contributed by atoms with van der Waals surface area (Å²) in [5.74, 6) is 0. The van der Waals surface area contributed by atoms with Gasteiger partial charge in [0.05, 0.1) is 5.50 Å². The predicted octanol–water partition coefficient (Wildman–Crippen LogP) is 0.637. The molecule has 0 amide bonds. The molecule has 0 radical (unpaired) electrons. The summed E-state index contributed by atoms with van der Waals surface area (Å²) in [4.78, 5) is 0. The van der Waals surface area contributed by atoms with Gasteiger partial charge in [0.15, 0.2) is 0 Å². The third-order valence-corrected chi connectivity index (χ3v) is 1.89. The lowest BCUT2D eigenvalue weighted by atomic mass is 10.0. The molecule has 0 saturated heterocycles. The van der Waals surface area contributed by atoms with E-state index in [1.807, 2.05) is 13.8 Å². The predicted molar refractivity (Wildman–Crippen MR) is 36.7 cm³/mol. The summed E-state index contributed by atoms with van der Waals surface area (Å²) in [7, 11) is 0. The van der Waals surface area contributed by atoms with Crippen molar-refractivity contribution < 1.29 is 0 Å². The molecular weight excluding hydrogens is 124 g/mol. The molecule has 0 aromatic heterocycles. The molecule has 50 valence electrons. The van der Waals surface area contributed by atoms with Gasteiger partial charge in [0.2, 0.25) is 0 Å². The lowest BCUT2D eigenvalue weighted by Gasteiger charge is -2.24. The summed E-state index contributed by atoms with van der Waals surface area (Å²) in [5.41, 5.74) is 10.1. The normalized spacial score (nSPS) is 22.1. The minimum Gasteiger partial charge on any atom is -0.323 e. The summed E-state index contributed by atoms with van der Waals surface area (Å²) in [6.07, 6.45) is 0.803. The Bertz CT molecular complexity index is 70.8. The fourth-order valence-electron chi connectivity index (χ4n) is 0.195. The molecule has 0 saturated carbocycles. The van der Waals surface area contributed by atoms with Crippen LogP contribution in [0.4, 0.5) is 0 Å². The van der Waals surface area contributed by atoms with Gasteiger partial charge in [-0.15, -0.1) is 11.6 Å². The Balaban J connectivity index is 3.71. The summed E-state index contributed by atoms with van der Waals surface area (Å²) in [6, 6.07) is 0. The molecule has 2 atom stereocenters. The Morgan fingerprint density at radius 3 is 2.12 bits per heavy atom. The van der Waals surface area contributed by atoms with Crippen LogP contribution in [0.25, 0.3) is 0 Å². The molecule has 0 rings (SSSR count). The van der Waals surface area contributed by atoms with Gasteiger partial charge in [-0.05, 0) is 13.3 Å². The van der Waals surface area contributed by atoms with Crippen LogP contribution < -0.4 is 11.5 Å². The molecule has 2 unspecified atom stereocenters. The first-order chi connectivity index (χ1) is 3.50. The van der Waals surface area contributed by atoms with Crippen LogP contribution in [-0.2, 0) is 0 Å². The molecule has 4 N–H and O–H groups in total. The van der Waals surface area contributed by atoms with E-state index in [4.69, 9.17) is 23.1 Å². The zero-order chi connectivity index (χ0) is 6.78. The highest BCUT2D eigenvalue weighted by Gasteiger charge is 2.21. The highest BCUT2D eigenvalue weighted by Crippen LogP contribution is 2.10. The largest absolute Gasteiger partial charge is 0.323 e. The summed E-state index contributed by atoms with van der Waals surface area (Å²) in [6.45, 7) is 3.80. The van der Waals surface area contributed by atoms with Gasteiger partial charge in [-0.25, -0.2) is 0 Å². The SMILES string of the molecule is CCC(C)(N)C(N)Cl. The van der Waals surface area contributed by atoms with Gasteiger partial charge in [-0.3, -0.25) is 0 Å². The van der Waals surface area contributed by atoms with Gasteiger partial charge in [0.25, 0.3) is 0 Å². The maximum atomic E-state index is 5.60. The number of alkyl halides is 1. The van der Waals surface area contributed by atoms with E-state index < -0.39 is 11.0 Å². The first kappa shape index (κ1) is 8.21. The fraction of sp³-hybridized carbons (Fsp3) is 1.00. The molecule has 0 aromatic carbocycles. The highest BCUT2D eigenvalue weighted by molar-refractivity contribution is 6.21. The lowest BCUT2D eigenvalue weighted by Crippen LogP contribution is -2.49. The third-order valence-electron chi connectivity index (χ3n) is 1.39. The van der Waals surface area contributed by atoms with Gasteiger partial charge in [-0.2, -0.15) is 0 Å². The van der Waals surface area contributed by atoms with Crippen molar-refractivity contribution in [2.24, 2.45) is 11.5 Å². The summed E-state index contributed by atoms with van der Waals surface area (Å²) in [5, 5.41) is 0. The number of nitrogens with two attached hydrogens (primary N) is 2. The second kappa shape index (κ2) is 2.67. The van der Waals surface area contributed by atoms with Gasteiger partial charge >= 0.3 is 0 Å². The first-order valence-corrected chi connectivity index (χ1v) is 3.13. The van der Waals surface area contributed by atoms with Crippen molar-refractivity contribution >= 4 is 11.6 Å². The molecule has 0 aliphatic rings. The molecule has 0 aromatic rings. The van der Waals surface area contributed by atoms with Crippen molar-refractivity contribution in [3.05, 3.63) is 0 Å². The third kappa shape index (κ3) is 1.99. The lowest BCUT2D eigenvalue weighted by molar-refractivity contribution is 0.434. The molecular formula is C5H13ClN2. The highest BCUT2D eigenvalue weighted by atomic mass is 35.5. The molecule has 0 bridgehead atoms. The number of hydrogen-bond donors (Lipinski definition) is 2. The Morgan fingerprint density at radius 1 is 1.75 bits per heavy atom. The van der Waals surface area contributed by atoms with E-state index in [1.54, 1.807) is 0 Å². The van der Waals surface area contributed by atoms with Crippen LogP contribution in [0.1, 0.15) is 20.3 Å². The van der Waals surface area contributed by atoms with Crippen LogP contribution in [0.15, 0.2) is 0 Å². The Labute approximate surface area is 55.2 Å². The van der Waals surface area contributed by atoms with Crippen molar-refractivity contribution in [1.82, 2.24) is 0 Å². The molecule has 3 heteroatoms. The average Bonchev–Trinajstić information content (AvgIpc) is 1.67. The van der Waals surface area contributed by atoms with Crippen molar-refractivity contribution in [2.45, 2.75) is 31.3 Å². The van der Waals surface area contributed by atoms with Crippen molar-refractivity contribution in [3.8, 4) is 0 Å². The van der Waals surface area contributed by atoms with Crippen LogP contribution in [0.5, 0.6) is 0 Å². The molecule has 0 aliphatic carbocycles. The maximum absolute atomic E-state index is 5.60. The molecule has 8 heavy (non-hydrogen) atoms. The Kier molecular flexibility index (Phi) is 2.74. The van der Waals surface area contributed by atoms with E-state index in [1.165, 1.54) is 0 Å². The van der Waals surface area contributed by atoms with E-state index in [-0.39, 0.29) is 0 Å².